The first-order chi connectivity index (χ1) is 14.0. The molecule has 0 saturated carbocycles. The molecule has 0 spiro atoms. The zero-order chi connectivity index (χ0) is 20.6. The lowest BCUT2D eigenvalue weighted by molar-refractivity contribution is -0.127. The number of para-hydroxylation sites is 1. The zero-order valence-corrected chi connectivity index (χ0v) is 16.9. The van der Waals surface area contributed by atoms with Crippen LogP contribution in [0.15, 0.2) is 48.5 Å². The number of halogens is 1. The number of methoxy groups -OCH3 is 1. The Morgan fingerprint density at radius 1 is 1.17 bits per heavy atom. The van der Waals surface area contributed by atoms with E-state index in [0.29, 0.717) is 17.3 Å². The molecule has 0 radical (unpaired) electrons. The van der Waals surface area contributed by atoms with Gasteiger partial charge < -0.3 is 25.0 Å². The van der Waals surface area contributed by atoms with Crippen LogP contribution in [-0.4, -0.2) is 51.2 Å². The molecular weight excluding hydrogens is 394 g/mol. The predicted molar refractivity (Wildman–Crippen MR) is 112 cm³/mol. The molecule has 0 aliphatic carbocycles. The van der Waals surface area contributed by atoms with Crippen LogP contribution < -0.4 is 25.0 Å². The van der Waals surface area contributed by atoms with Crippen LogP contribution in [0.5, 0.6) is 11.5 Å². The smallest absolute Gasteiger partial charge is 0.258 e. The second-order valence-electron chi connectivity index (χ2n) is 6.69. The number of ether oxygens (including phenoxy) is 2. The quantitative estimate of drug-likeness (QED) is 0.688. The molecule has 1 fully saturated rings. The molecule has 1 saturated heterocycles. The molecular formula is C21H24ClN3O4. The number of amides is 2. The number of carbonyl (C=O) groups is 2. The molecule has 0 aromatic heterocycles. The minimum Gasteiger partial charge on any atom is -0.495 e. The van der Waals surface area contributed by atoms with Crippen molar-refractivity contribution in [2.75, 3.05) is 38.3 Å². The molecule has 3 rings (SSSR count). The Labute approximate surface area is 174 Å². The standard InChI is InChI=1S/C21H24ClN3O4/c1-28-19-8-7-15(22)11-18(19)25-10-9-16(13-25)24-20(26)12-23-21(27)14-29-17-5-3-2-4-6-17/h2-8,11,16H,9-10,12-14H2,1H3,(H,23,27)(H,24,26). The number of hydrogen-bond donors (Lipinski definition) is 2. The summed E-state index contributed by atoms with van der Waals surface area (Å²) in [5.74, 6) is 0.769. The molecule has 2 amide bonds. The van der Waals surface area contributed by atoms with Crippen molar-refractivity contribution in [2.45, 2.75) is 12.5 Å². The van der Waals surface area contributed by atoms with E-state index < -0.39 is 0 Å². The lowest BCUT2D eigenvalue weighted by atomic mass is 10.2. The van der Waals surface area contributed by atoms with Crippen LogP contribution in [0.3, 0.4) is 0 Å². The highest BCUT2D eigenvalue weighted by Gasteiger charge is 2.26. The molecule has 1 unspecified atom stereocenters. The number of nitrogens with zero attached hydrogens (tertiary/aromatic N) is 1. The molecule has 1 atom stereocenters. The van der Waals surface area contributed by atoms with E-state index in [1.807, 2.05) is 30.3 Å². The third kappa shape index (κ3) is 6.02. The predicted octanol–water partition coefficient (Wildman–Crippen LogP) is 2.24. The van der Waals surface area contributed by atoms with Crippen LogP contribution in [0.2, 0.25) is 5.02 Å². The Balaban J connectivity index is 1.41. The molecule has 1 aliphatic heterocycles. The van der Waals surface area contributed by atoms with E-state index in [-0.39, 0.29) is 31.0 Å². The molecule has 2 aromatic rings. The summed E-state index contributed by atoms with van der Waals surface area (Å²) in [5.41, 5.74) is 0.906. The van der Waals surface area contributed by atoms with Gasteiger partial charge in [-0.1, -0.05) is 29.8 Å². The highest BCUT2D eigenvalue weighted by Crippen LogP contribution is 2.33. The Bertz CT molecular complexity index is 847. The summed E-state index contributed by atoms with van der Waals surface area (Å²) in [6.45, 7) is 1.20. The van der Waals surface area contributed by atoms with Crippen LogP contribution in [0.4, 0.5) is 5.69 Å². The Kier molecular flexibility index (Phi) is 7.19. The highest BCUT2D eigenvalue weighted by molar-refractivity contribution is 6.30. The minimum atomic E-state index is -0.347. The number of anilines is 1. The van der Waals surface area contributed by atoms with Gasteiger partial charge in [-0.2, -0.15) is 0 Å². The second kappa shape index (κ2) is 10.0. The average Bonchev–Trinajstić information content (AvgIpc) is 3.19. The van der Waals surface area contributed by atoms with E-state index in [1.54, 1.807) is 25.3 Å². The lowest BCUT2D eigenvalue weighted by Gasteiger charge is -2.21. The van der Waals surface area contributed by atoms with Crippen LogP contribution in [0.1, 0.15) is 6.42 Å². The van der Waals surface area contributed by atoms with Crippen molar-refractivity contribution in [2.24, 2.45) is 0 Å². The molecule has 29 heavy (non-hydrogen) atoms. The number of carbonyl (C=O) groups excluding carboxylic acids is 2. The lowest BCUT2D eigenvalue weighted by Crippen LogP contribution is -2.44. The van der Waals surface area contributed by atoms with E-state index >= 15 is 0 Å². The highest BCUT2D eigenvalue weighted by atomic mass is 35.5. The Morgan fingerprint density at radius 2 is 1.97 bits per heavy atom. The maximum absolute atomic E-state index is 12.2. The van der Waals surface area contributed by atoms with Crippen molar-refractivity contribution >= 4 is 29.1 Å². The first kappa shape index (κ1) is 20.8. The summed E-state index contributed by atoms with van der Waals surface area (Å²) < 4.78 is 10.8. The summed E-state index contributed by atoms with van der Waals surface area (Å²) in [4.78, 5) is 26.1. The fraction of sp³-hybridized carbons (Fsp3) is 0.333. The molecule has 2 aromatic carbocycles. The Morgan fingerprint density at radius 3 is 2.72 bits per heavy atom. The molecule has 0 bridgehead atoms. The van der Waals surface area contributed by atoms with Crippen molar-refractivity contribution in [1.82, 2.24) is 10.6 Å². The van der Waals surface area contributed by atoms with E-state index in [2.05, 4.69) is 15.5 Å². The van der Waals surface area contributed by atoms with Gasteiger partial charge in [-0.05, 0) is 36.8 Å². The van der Waals surface area contributed by atoms with Crippen molar-refractivity contribution in [3.8, 4) is 11.5 Å². The number of benzene rings is 2. The molecule has 2 N–H and O–H groups in total. The summed E-state index contributed by atoms with van der Waals surface area (Å²) in [5, 5.41) is 6.15. The van der Waals surface area contributed by atoms with E-state index in [9.17, 15) is 9.59 Å². The van der Waals surface area contributed by atoms with Crippen LogP contribution in [0.25, 0.3) is 0 Å². The summed E-state index contributed by atoms with van der Waals surface area (Å²) in [6.07, 6.45) is 0.798. The third-order valence-electron chi connectivity index (χ3n) is 4.59. The van der Waals surface area contributed by atoms with Gasteiger partial charge in [0.05, 0.1) is 19.3 Å². The van der Waals surface area contributed by atoms with Crippen molar-refractivity contribution in [3.63, 3.8) is 0 Å². The second-order valence-corrected chi connectivity index (χ2v) is 7.13. The van der Waals surface area contributed by atoms with Gasteiger partial charge in [0.1, 0.15) is 11.5 Å². The van der Waals surface area contributed by atoms with E-state index in [4.69, 9.17) is 21.1 Å². The fourth-order valence-electron chi connectivity index (χ4n) is 3.18. The summed E-state index contributed by atoms with van der Waals surface area (Å²) >= 11 is 6.11. The van der Waals surface area contributed by atoms with E-state index in [1.165, 1.54) is 0 Å². The molecule has 154 valence electrons. The normalized spacial score (nSPS) is 15.7. The van der Waals surface area contributed by atoms with Gasteiger partial charge in [0.15, 0.2) is 6.61 Å². The number of hydrogen-bond acceptors (Lipinski definition) is 5. The van der Waals surface area contributed by atoms with E-state index in [0.717, 1.165) is 24.4 Å². The first-order valence-electron chi connectivity index (χ1n) is 9.37. The minimum absolute atomic E-state index is 0.0105. The number of nitrogens with one attached hydrogen (secondary N) is 2. The molecule has 1 heterocycles. The first-order valence-corrected chi connectivity index (χ1v) is 9.75. The van der Waals surface area contributed by atoms with Crippen LogP contribution >= 0.6 is 11.6 Å². The average molecular weight is 418 g/mol. The van der Waals surface area contributed by atoms with Crippen molar-refractivity contribution in [3.05, 3.63) is 53.6 Å². The van der Waals surface area contributed by atoms with Crippen LogP contribution in [-0.2, 0) is 9.59 Å². The van der Waals surface area contributed by atoms with Crippen molar-refractivity contribution < 1.29 is 19.1 Å². The van der Waals surface area contributed by atoms with Crippen LogP contribution in [0, 0.1) is 0 Å². The van der Waals surface area contributed by atoms with Gasteiger partial charge in [0, 0.05) is 24.2 Å². The molecule has 8 heteroatoms. The summed E-state index contributed by atoms with van der Waals surface area (Å²) in [6, 6.07) is 14.5. The maximum Gasteiger partial charge on any atom is 0.258 e. The Hall–Kier alpha value is -2.93. The van der Waals surface area contributed by atoms with Crippen molar-refractivity contribution in [1.29, 1.82) is 0 Å². The van der Waals surface area contributed by atoms with Gasteiger partial charge in [-0.15, -0.1) is 0 Å². The summed E-state index contributed by atoms with van der Waals surface area (Å²) in [7, 11) is 1.62. The van der Waals surface area contributed by atoms with Gasteiger partial charge in [-0.25, -0.2) is 0 Å². The largest absolute Gasteiger partial charge is 0.495 e. The molecule has 1 aliphatic rings. The van der Waals surface area contributed by atoms with Gasteiger partial charge in [-0.3, -0.25) is 9.59 Å². The maximum atomic E-state index is 12.2. The van der Waals surface area contributed by atoms with Gasteiger partial charge in [0.2, 0.25) is 5.91 Å². The van der Waals surface area contributed by atoms with Gasteiger partial charge >= 0.3 is 0 Å². The fourth-order valence-corrected chi connectivity index (χ4v) is 3.35. The monoisotopic (exact) mass is 417 g/mol. The SMILES string of the molecule is COc1ccc(Cl)cc1N1CCC(NC(=O)CNC(=O)COc2ccccc2)C1. The zero-order valence-electron chi connectivity index (χ0n) is 16.2. The molecule has 7 nitrogen and oxygen atoms in total. The van der Waals surface area contributed by atoms with Gasteiger partial charge in [0.25, 0.3) is 5.91 Å². The topological polar surface area (TPSA) is 79.9 Å². The third-order valence-corrected chi connectivity index (χ3v) is 4.83. The number of rotatable bonds is 8.